The first-order chi connectivity index (χ1) is 9.90. The van der Waals surface area contributed by atoms with Crippen molar-refractivity contribution in [1.29, 1.82) is 0 Å². The Kier molecular flexibility index (Phi) is 4.55. The van der Waals surface area contributed by atoms with Gasteiger partial charge in [0, 0.05) is 29.9 Å². The number of aliphatic carboxylic acids is 1. The van der Waals surface area contributed by atoms with Crippen LogP contribution in [0.4, 0.5) is 8.78 Å². The lowest BCUT2D eigenvalue weighted by Crippen LogP contribution is -2.34. The van der Waals surface area contributed by atoms with Gasteiger partial charge in [-0.2, -0.15) is 0 Å². The standard InChI is InChI=1S/C15H17F2NO3/c1-8(5-6-13(19)20)18-15(21)10-7-9(10)14-11(16)3-2-4-12(14)17/h2-4,8-10H,5-7H2,1H3,(H,18,21)(H,19,20)/t8-,9+,10-/m1/s1. The van der Waals surface area contributed by atoms with Crippen molar-refractivity contribution in [2.75, 3.05) is 0 Å². The molecular weight excluding hydrogens is 280 g/mol. The summed E-state index contributed by atoms with van der Waals surface area (Å²) in [6.07, 6.45) is 0.708. The molecule has 1 aliphatic carbocycles. The topological polar surface area (TPSA) is 66.4 Å². The second-order valence-electron chi connectivity index (χ2n) is 5.43. The highest BCUT2D eigenvalue weighted by atomic mass is 19.1. The Balaban J connectivity index is 1.91. The third kappa shape index (κ3) is 3.77. The van der Waals surface area contributed by atoms with Gasteiger partial charge in [-0.05, 0) is 31.9 Å². The first-order valence-electron chi connectivity index (χ1n) is 6.86. The molecule has 0 saturated heterocycles. The zero-order valence-corrected chi connectivity index (χ0v) is 11.6. The third-order valence-corrected chi connectivity index (χ3v) is 3.68. The van der Waals surface area contributed by atoms with Gasteiger partial charge in [-0.1, -0.05) is 6.07 Å². The van der Waals surface area contributed by atoms with Crippen molar-refractivity contribution < 1.29 is 23.5 Å². The molecule has 114 valence electrons. The van der Waals surface area contributed by atoms with Crippen LogP contribution in [-0.2, 0) is 9.59 Å². The van der Waals surface area contributed by atoms with Crippen LogP contribution in [0, 0.1) is 17.6 Å². The molecule has 0 unspecified atom stereocenters. The minimum atomic E-state index is -0.922. The quantitative estimate of drug-likeness (QED) is 0.847. The third-order valence-electron chi connectivity index (χ3n) is 3.68. The monoisotopic (exact) mass is 297 g/mol. The predicted octanol–water partition coefficient (Wildman–Crippen LogP) is 2.44. The van der Waals surface area contributed by atoms with Gasteiger partial charge < -0.3 is 10.4 Å². The van der Waals surface area contributed by atoms with E-state index in [2.05, 4.69) is 5.32 Å². The number of carboxylic acids is 1. The van der Waals surface area contributed by atoms with Crippen LogP contribution in [0.2, 0.25) is 0 Å². The number of nitrogens with one attached hydrogen (secondary N) is 1. The van der Waals surface area contributed by atoms with Crippen LogP contribution in [0.5, 0.6) is 0 Å². The van der Waals surface area contributed by atoms with E-state index < -0.39 is 29.4 Å². The lowest BCUT2D eigenvalue weighted by Gasteiger charge is -2.12. The molecule has 0 heterocycles. The highest BCUT2D eigenvalue weighted by molar-refractivity contribution is 5.83. The average Bonchev–Trinajstić information content (AvgIpc) is 3.16. The number of carboxylic acid groups (broad SMARTS) is 1. The summed E-state index contributed by atoms with van der Waals surface area (Å²) in [5.74, 6) is -3.33. The van der Waals surface area contributed by atoms with Gasteiger partial charge in [0.15, 0.2) is 0 Å². The van der Waals surface area contributed by atoms with E-state index in [1.165, 1.54) is 18.2 Å². The van der Waals surface area contributed by atoms with Crippen molar-refractivity contribution in [2.45, 2.75) is 38.1 Å². The first-order valence-corrected chi connectivity index (χ1v) is 6.86. The summed E-state index contributed by atoms with van der Waals surface area (Å²) in [5, 5.41) is 11.3. The highest BCUT2D eigenvalue weighted by Crippen LogP contribution is 2.49. The maximum atomic E-state index is 13.6. The molecule has 2 rings (SSSR count). The van der Waals surface area contributed by atoms with E-state index in [4.69, 9.17) is 5.11 Å². The fourth-order valence-electron chi connectivity index (χ4n) is 2.43. The number of hydrogen-bond acceptors (Lipinski definition) is 2. The minimum Gasteiger partial charge on any atom is -0.481 e. The molecule has 0 spiro atoms. The molecule has 4 nitrogen and oxygen atoms in total. The van der Waals surface area contributed by atoms with Crippen LogP contribution in [0.15, 0.2) is 18.2 Å². The summed E-state index contributed by atoms with van der Waals surface area (Å²) in [4.78, 5) is 22.4. The van der Waals surface area contributed by atoms with Gasteiger partial charge in [0.25, 0.3) is 0 Å². The second-order valence-corrected chi connectivity index (χ2v) is 5.43. The van der Waals surface area contributed by atoms with Gasteiger partial charge >= 0.3 is 5.97 Å². The van der Waals surface area contributed by atoms with E-state index in [-0.39, 0.29) is 23.9 Å². The molecule has 2 N–H and O–H groups in total. The Hall–Kier alpha value is -1.98. The van der Waals surface area contributed by atoms with E-state index in [1.807, 2.05) is 0 Å². The summed E-state index contributed by atoms with van der Waals surface area (Å²) < 4.78 is 27.2. The van der Waals surface area contributed by atoms with Crippen LogP contribution in [0.3, 0.4) is 0 Å². The molecule has 3 atom stereocenters. The smallest absolute Gasteiger partial charge is 0.303 e. The molecule has 21 heavy (non-hydrogen) atoms. The normalized spacial score (nSPS) is 21.7. The van der Waals surface area contributed by atoms with Gasteiger partial charge in [-0.15, -0.1) is 0 Å². The Morgan fingerprint density at radius 2 is 2.00 bits per heavy atom. The molecule has 1 saturated carbocycles. The van der Waals surface area contributed by atoms with Gasteiger partial charge in [0.05, 0.1) is 0 Å². The molecule has 0 radical (unpaired) electrons. The van der Waals surface area contributed by atoms with E-state index in [0.29, 0.717) is 12.8 Å². The van der Waals surface area contributed by atoms with Crippen molar-refractivity contribution in [2.24, 2.45) is 5.92 Å². The molecule has 6 heteroatoms. The minimum absolute atomic E-state index is 0.0303. The van der Waals surface area contributed by atoms with Crippen LogP contribution in [0.1, 0.15) is 37.7 Å². The lowest BCUT2D eigenvalue weighted by atomic mass is 10.1. The predicted molar refractivity (Wildman–Crippen MR) is 71.7 cm³/mol. The molecule has 1 amide bonds. The number of rotatable bonds is 6. The summed E-state index contributed by atoms with van der Waals surface area (Å²) in [7, 11) is 0. The molecule has 1 aromatic rings. The van der Waals surface area contributed by atoms with Crippen molar-refractivity contribution in [3.63, 3.8) is 0 Å². The van der Waals surface area contributed by atoms with Crippen LogP contribution in [0.25, 0.3) is 0 Å². The average molecular weight is 297 g/mol. The molecular formula is C15H17F2NO3. The molecule has 1 aromatic carbocycles. The van der Waals surface area contributed by atoms with Crippen molar-refractivity contribution in [3.8, 4) is 0 Å². The maximum absolute atomic E-state index is 13.6. The second kappa shape index (κ2) is 6.20. The first kappa shape index (κ1) is 15.4. The molecule has 1 aliphatic rings. The van der Waals surface area contributed by atoms with Gasteiger partial charge in [-0.3, -0.25) is 9.59 Å². The van der Waals surface area contributed by atoms with E-state index in [1.54, 1.807) is 6.92 Å². The van der Waals surface area contributed by atoms with Crippen molar-refractivity contribution >= 4 is 11.9 Å². The number of halogens is 2. The Morgan fingerprint density at radius 3 is 2.57 bits per heavy atom. The van der Waals surface area contributed by atoms with Crippen molar-refractivity contribution in [1.82, 2.24) is 5.32 Å². The van der Waals surface area contributed by atoms with Crippen molar-refractivity contribution in [3.05, 3.63) is 35.4 Å². The van der Waals surface area contributed by atoms with Crippen LogP contribution in [-0.4, -0.2) is 23.0 Å². The van der Waals surface area contributed by atoms with Crippen LogP contribution < -0.4 is 5.32 Å². The van der Waals surface area contributed by atoms with Gasteiger partial charge in [0.1, 0.15) is 11.6 Å². The summed E-state index contributed by atoms with van der Waals surface area (Å²) >= 11 is 0. The molecule has 0 aliphatic heterocycles. The number of carbonyl (C=O) groups is 2. The van der Waals surface area contributed by atoms with E-state index in [0.717, 1.165) is 0 Å². The number of hydrogen-bond donors (Lipinski definition) is 2. The Labute approximate surface area is 121 Å². The largest absolute Gasteiger partial charge is 0.481 e. The highest BCUT2D eigenvalue weighted by Gasteiger charge is 2.46. The maximum Gasteiger partial charge on any atom is 0.303 e. The fourth-order valence-corrected chi connectivity index (χ4v) is 2.43. The Bertz CT molecular complexity index is 542. The van der Waals surface area contributed by atoms with Crippen LogP contribution >= 0.6 is 0 Å². The van der Waals surface area contributed by atoms with Gasteiger partial charge in [-0.25, -0.2) is 8.78 Å². The molecule has 0 bridgehead atoms. The summed E-state index contributed by atoms with van der Waals surface area (Å²) in [6.45, 7) is 1.71. The number of carbonyl (C=O) groups excluding carboxylic acids is 1. The SMILES string of the molecule is C[C@H](CCC(=O)O)NC(=O)[C@@H]1C[C@@H]1c1c(F)cccc1F. The number of benzene rings is 1. The Morgan fingerprint density at radius 1 is 1.38 bits per heavy atom. The van der Waals surface area contributed by atoms with Gasteiger partial charge in [0.2, 0.25) is 5.91 Å². The zero-order valence-electron chi connectivity index (χ0n) is 11.6. The fraction of sp³-hybridized carbons (Fsp3) is 0.467. The zero-order chi connectivity index (χ0) is 15.6. The molecule has 0 aromatic heterocycles. The lowest BCUT2D eigenvalue weighted by molar-refractivity contribution is -0.137. The summed E-state index contributed by atoms with van der Waals surface area (Å²) in [5.41, 5.74) is -0.0316. The molecule has 1 fully saturated rings. The number of amides is 1. The van der Waals surface area contributed by atoms with E-state index >= 15 is 0 Å². The van der Waals surface area contributed by atoms with E-state index in [9.17, 15) is 18.4 Å². The summed E-state index contributed by atoms with van der Waals surface area (Å²) in [6, 6.07) is 3.38.